The molecule has 34 heavy (non-hydrogen) atoms. The van der Waals surface area contributed by atoms with E-state index in [9.17, 15) is 33.4 Å². The molecule has 0 aromatic carbocycles. The standard InChI is InChI=1S/C14H21FN3O13P3/c1-4-5-14(15)11(19)10(28-12(14)18-7(2)6-9(16)17-13(18)20)8(3)29-33(24,25)31-34(26,27)30-32(21,22)23/h6,8,10-12,19H,1-3H3,(H,24,25)(H,26,27)(H2,16,17,20)(H2,21,22,23)/t8-,10?,11+,12-,14?/m1/s1. The molecule has 0 bridgehead atoms. The molecule has 1 fully saturated rings. The van der Waals surface area contributed by atoms with Crippen LogP contribution in [0.3, 0.4) is 0 Å². The largest absolute Gasteiger partial charge is 0.490 e. The van der Waals surface area contributed by atoms with Crippen molar-refractivity contribution >= 4 is 29.3 Å². The first-order chi connectivity index (χ1) is 15.3. The second-order valence-electron chi connectivity index (χ2n) is 6.92. The number of rotatable bonds is 8. The van der Waals surface area contributed by atoms with Crippen LogP contribution in [-0.2, 0) is 31.6 Å². The highest BCUT2D eigenvalue weighted by Gasteiger charge is 2.60. The van der Waals surface area contributed by atoms with E-state index in [1.807, 2.05) is 0 Å². The number of anilines is 1. The molecule has 0 radical (unpaired) electrons. The molecule has 1 aromatic heterocycles. The van der Waals surface area contributed by atoms with Gasteiger partial charge in [-0.1, -0.05) is 5.92 Å². The number of ether oxygens (including phenoxy) is 1. The first kappa shape index (κ1) is 28.7. The summed E-state index contributed by atoms with van der Waals surface area (Å²) < 4.78 is 68.0. The molecule has 1 aromatic rings. The Hall–Kier alpha value is -1.50. The van der Waals surface area contributed by atoms with Crippen molar-refractivity contribution in [3.8, 4) is 11.8 Å². The first-order valence-electron chi connectivity index (χ1n) is 8.96. The van der Waals surface area contributed by atoms with Gasteiger partial charge in [0.2, 0.25) is 5.67 Å². The van der Waals surface area contributed by atoms with Crippen molar-refractivity contribution in [2.24, 2.45) is 0 Å². The number of hydrogen-bond acceptors (Lipinski definition) is 11. The van der Waals surface area contributed by atoms with Gasteiger partial charge in [-0.05, 0) is 26.8 Å². The Morgan fingerprint density at radius 2 is 1.85 bits per heavy atom. The van der Waals surface area contributed by atoms with Gasteiger partial charge in [0, 0.05) is 5.69 Å². The maximum absolute atomic E-state index is 15.8. The van der Waals surface area contributed by atoms with Gasteiger partial charge in [0.15, 0.2) is 6.23 Å². The van der Waals surface area contributed by atoms with Crippen molar-refractivity contribution in [1.82, 2.24) is 9.55 Å². The summed E-state index contributed by atoms with van der Waals surface area (Å²) in [5.74, 6) is 4.14. The molecule has 2 heterocycles. The maximum atomic E-state index is 15.8. The lowest BCUT2D eigenvalue weighted by atomic mass is 9.94. The van der Waals surface area contributed by atoms with Crippen LogP contribution in [0.25, 0.3) is 0 Å². The van der Waals surface area contributed by atoms with Crippen LogP contribution in [0.15, 0.2) is 10.9 Å². The van der Waals surface area contributed by atoms with Gasteiger partial charge >= 0.3 is 29.2 Å². The zero-order valence-electron chi connectivity index (χ0n) is 17.6. The summed E-state index contributed by atoms with van der Waals surface area (Å²) in [5, 5.41) is 10.6. The number of aliphatic hydroxyl groups excluding tert-OH is 1. The Labute approximate surface area is 190 Å². The molecule has 1 aliphatic heterocycles. The Kier molecular flexibility index (Phi) is 8.34. The van der Waals surface area contributed by atoms with Crippen LogP contribution in [0.4, 0.5) is 10.2 Å². The van der Waals surface area contributed by atoms with Crippen LogP contribution >= 0.6 is 23.5 Å². The van der Waals surface area contributed by atoms with E-state index < -0.39 is 59.4 Å². The van der Waals surface area contributed by atoms with Crippen molar-refractivity contribution in [1.29, 1.82) is 0 Å². The summed E-state index contributed by atoms with van der Waals surface area (Å²) >= 11 is 0. The Morgan fingerprint density at radius 3 is 2.35 bits per heavy atom. The summed E-state index contributed by atoms with van der Waals surface area (Å²) in [6, 6.07) is 1.21. The van der Waals surface area contributed by atoms with Crippen LogP contribution in [0.1, 0.15) is 25.8 Å². The van der Waals surface area contributed by atoms with Crippen LogP contribution in [-0.4, -0.2) is 58.2 Å². The number of hydrogen-bond donors (Lipinski definition) is 6. The SMILES string of the molecule is CC#CC1(F)[C@@H](O)C([C@@H](C)OP(=O)(O)OP(=O)(O)OP(=O)(O)O)O[C@H]1n1c(C)cc(N)nc1=O. The van der Waals surface area contributed by atoms with Crippen molar-refractivity contribution < 1.29 is 60.6 Å². The number of alkyl halides is 1. The average molecular weight is 551 g/mol. The molecule has 0 saturated carbocycles. The number of aryl methyl sites for hydroxylation is 1. The second-order valence-corrected chi connectivity index (χ2v) is 11.3. The van der Waals surface area contributed by atoms with Gasteiger partial charge in [0.1, 0.15) is 18.0 Å². The smallest absolute Gasteiger partial charge is 0.386 e. The zero-order valence-corrected chi connectivity index (χ0v) is 20.3. The lowest BCUT2D eigenvalue weighted by Crippen LogP contribution is -2.46. The summed E-state index contributed by atoms with van der Waals surface area (Å²) in [6.45, 7) is 3.55. The van der Waals surface area contributed by atoms with Gasteiger partial charge < -0.3 is 35.2 Å². The monoisotopic (exact) mass is 551 g/mol. The fourth-order valence-electron chi connectivity index (χ4n) is 3.14. The molecule has 2 rings (SSSR count). The van der Waals surface area contributed by atoms with Gasteiger partial charge in [0.05, 0.1) is 6.10 Å². The predicted molar refractivity (Wildman–Crippen MR) is 109 cm³/mol. The van der Waals surface area contributed by atoms with Crippen molar-refractivity contribution in [3.63, 3.8) is 0 Å². The third kappa shape index (κ3) is 6.58. The van der Waals surface area contributed by atoms with E-state index in [2.05, 4.69) is 30.0 Å². The highest BCUT2D eigenvalue weighted by atomic mass is 31.3. The quantitative estimate of drug-likeness (QED) is 0.182. The van der Waals surface area contributed by atoms with Gasteiger partial charge in [-0.15, -0.1) is 5.92 Å². The van der Waals surface area contributed by atoms with Crippen molar-refractivity contribution in [2.45, 2.75) is 51.0 Å². The van der Waals surface area contributed by atoms with Gasteiger partial charge in [-0.3, -0.25) is 9.09 Å². The number of nitrogens with two attached hydrogens (primary N) is 1. The van der Waals surface area contributed by atoms with E-state index in [-0.39, 0.29) is 11.5 Å². The zero-order chi connectivity index (χ0) is 26.3. The fourth-order valence-corrected chi connectivity index (χ4v) is 6.34. The van der Waals surface area contributed by atoms with Gasteiger partial charge in [-0.25, -0.2) is 22.9 Å². The Balaban J connectivity index is 2.37. The highest BCUT2D eigenvalue weighted by Crippen LogP contribution is 2.66. The minimum absolute atomic E-state index is 0.0656. The molecule has 4 unspecified atom stereocenters. The second kappa shape index (κ2) is 9.87. The van der Waals surface area contributed by atoms with E-state index >= 15 is 4.39 Å². The van der Waals surface area contributed by atoms with E-state index in [4.69, 9.17) is 20.3 Å². The summed E-state index contributed by atoms with van der Waals surface area (Å²) in [7, 11) is -17.1. The van der Waals surface area contributed by atoms with Crippen molar-refractivity contribution in [2.75, 3.05) is 5.73 Å². The first-order valence-corrected chi connectivity index (χ1v) is 13.5. The van der Waals surface area contributed by atoms with Crippen LogP contribution in [0.5, 0.6) is 0 Å². The minimum atomic E-state index is -5.82. The molecule has 1 aliphatic rings. The molecular weight excluding hydrogens is 530 g/mol. The molecule has 0 amide bonds. The number of nitrogen functional groups attached to an aromatic ring is 1. The third-order valence-electron chi connectivity index (χ3n) is 4.28. The molecule has 20 heteroatoms. The average Bonchev–Trinajstić information content (AvgIpc) is 2.83. The predicted octanol–water partition coefficient (Wildman–Crippen LogP) is -0.144. The molecule has 0 spiro atoms. The number of halogens is 1. The van der Waals surface area contributed by atoms with E-state index in [0.717, 1.165) is 6.92 Å². The third-order valence-corrected chi connectivity index (χ3v) is 8.21. The number of nitrogens with zero attached hydrogens (tertiary/aromatic N) is 2. The van der Waals surface area contributed by atoms with E-state index in [0.29, 0.717) is 4.57 Å². The summed E-state index contributed by atoms with van der Waals surface area (Å²) in [4.78, 5) is 51.9. The van der Waals surface area contributed by atoms with Crippen LogP contribution < -0.4 is 11.4 Å². The minimum Gasteiger partial charge on any atom is -0.386 e. The molecule has 7 N–H and O–H groups in total. The Morgan fingerprint density at radius 1 is 1.26 bits per heavy atom. The summed E-state index contributed by atoms with van der Waals surface area (Å²) in [5.41, 5.74) is 1.52. The molecule has 7 atom stereocenters. The van der Waals surface area contributed by atoms with Gasteiger partial charge in [0.25, 0.3) is 0 Å². The van der Waals surface area contributed by atoms with E-state index in [1.54, 1.807) is 0 Å². The Bertz CT molecular complexity index is 1210. The van der Waals surface area contributed by atoms with Crippen LogP contribution in [0, 0.1) is 18.8 Å². The molecule has 192 valence electrons. The molecule has 16 nitrogen and oxygen atoms in total. The molecule has 0 aliphatic carbocycles. The normalized spacial score (nSPS) is 29.5. The molecule has 1 saturated heterocycles. The number of aliphatic hydroxyl groups is 1. The fraction of sp³-hybridized carbons (Fsp3) is 0.571. The van der Waals surface area contributed by atoms with Gasteiger partial charge in [-0.2, -0.15) is 13.6 Å². The van der Waals surface area contributed by atoms with Crippen molar-refractivity contribution in [3.05, 3.63) is 22.2 Å². The van der Waals surface area contributed by atoms with E-state index in [1.165, 1.54) is 19.9 Å². The lowest BCUT2D eigenvalue weighted by Gasteiger charge is -2.26. The lowest BCUT2D eigenvalue weighted by molar-refractivity contribution is -0.0786. The molecular formula is C14H21FN3O13P3. The van der Waals surface area contributed by atoms with Crippen LogP contribution in [0.2, 0.25) is 0 Å². The number of phosphoric ester groups is 1. The highest BCUT2D eigenvalue weighted by molar-refractivity contribution is 7.66. The number of phosphoric acid groups is 3. The maximum Gasteiger partial charge on any atom is 0.490 e. The topological polar surface area (TPSA) is 250 Å². The number of aromatic nitrogens is 2. The summed E-state index contributed by atoms with van der Waals surface area (Å²) in [6.07, 6.45) is -7.77.